The second-order valence-electron chi connectivity index (χ2n) is 4.55. The summed E-state index contributed by atoms with van der Waals surface area (Å²) in [6.07, 6.45) is 4.08. The van der Waals surface area contributed by atoms with Crippen LogP contribution in [0.2, 0.25) is 0 Å². The summed E-state index contributed by atoms with van der Waals surface area (Å²) in [6.45, 7) is 10.2. The third-order valence-corrected chi connectivity index (χ3v) is 4.19. The summed E-state index contributed by atoms with van der Waals surface area (Å²) in [6, 6.07) is 7.89. The number of nitriles is 1. The number of rotatable bonds is 5. The van der Waals surface area contributed by atoms with Gasteiger partial charge in [-0.3, -0.25) is 9.36 Å². The fourth-order valence-corrected chi connectivity index (χ4v) is 3.23. The molecule has 0 saturated heterocycles. The van der Waals surface area contributed by atoms with Crippen LogP contribution in [0.25, 0.3) is 15.8 Å². The van der Waals surface area contributed by atoms with Crippen LogP contribution in [-0.2, 0) is 6.54 Å². The Balaban J connectivity index is 2.67. The Morgan fingerprint density at radius 3 is 2.76 bits per heavy atom. The minimum Gasteiger partial charge on any atom is -0.299 e. The van der Waals surface area contributed by atoms with Crippen LogP contribution >= 0.6 is 11.3 Å². The lowest BCUT2D eigenvalue weighted by molar-refractivity contribution is 0.690. The van der Waals surface area contributed by atoms with Crippen LogP contribution in [0.3, 0.4) is 0 Å². The molecule has 21 heavy (non-hydrogen) atoms. The standard InChI is InChI=1S/C17H16N2OS/c1-4-9-19-15-8-7-13(10-16(15)21-17(19)20)14(6-3)12(5-2)11-18/h5-8,10H,2-4,9H2,1H3. The molecule has 0 spiro atoms. The van der Waals surface area contributed by atoms with E-state index in [0.717, 1.165) is 34.3 Å². The first kappa shape index (κ1) is 15.0. The zero-order valence-corrected chi connectivity index (χ0v) is 12.7. The molecule has 1 heterocycles. The minimum atomic E-state index is 0.0531. The molecule has 0 fully saturated rings. The quantitative estimate of drug-likeness (QED) is 0.615. The zero-order valence-electron chi connectivity index (χ0n) is 11.9. The third-order valence-electron chi connectivity index (χ3n) is 3.25. The SMILES string of the molecule is C=CC(C#N)=C(C=C)c1ccc2c(c1)sc(=O)n2CCC. The fraction of sp³-hybridized carbons (Fsp3) is 0.176. The highest BCUT2D eigenvalue weighted by Gasteiger charge is 2.10. The molecule has 3 nitrogen and oxygen atoms in total. The zero-order chi connectivity index (χ0) is 15.4. The van der Waals surface area contributed by atoms with Crippen molar-refractivity contribution < 1.29 is 0 Å². The van der Waals surface area contributed by atoms with Crippen molar-refractivity contribution in [1.29, 1.82) is 5.26 Å². The second-order valence-corrected chi connectivity index (χ2v) is 5.54. The predicted molar refractivity (Wildman–Crippen MR) is 89.3 cm³/mol. The van der Waals surface area contributed by atoms with Crippen LogP contribution in [0.15, 0.2) is 53.9 Å². The number of benzene rings is 1. The number of hydrogen-bond acceptors (Lipinski definition) is 3. The van der Waals surface area contributed by atoms with Gasteiger partial charge in [-0.2, -0.15) is 5.26 Å². The average molecular weight is 296 g/mol. The number of thiazole rings is 1. The van der Waals surface area contributed by atoms with Gasteiger partial charge < -0.3 is 0 Å². The van der Waals surface area contributed by atoms with E-state index in [-0.39, 0.29) is 4.87 Å². The molecule has 0 aliphatic carbocycles. The van der Waals surface area contributed by atoms with Gasteiger partial charge in [0.15, 0.2) is 0 Å². The van der Waals surface area contributed by atoms with Gasteiger partial charge in [-0.15, -0.1) is 0 Å². The van der Waals surface area contributed by atoms with E-state index in [0.29, 0.717) is 5.57 Å². The summed E-state index contributed by atoms with van der Waals surface area (Å²) in [7, 11) is 0. The van der Waals surface area contributed by atoms with Crippen LogP contribution in [0.1, 0.15) is 18.9 Å². The summed E-state index contributed by atoms with van der Waals surface area (Å²) in [5.74, 6) is 0. The van der Waals surface area contributed by atoms with Crippen LogP contribution in [0.5, 0.6) is 0 Å². The molecule has 0 saturated carbocycles. The Kier molecular flexibility index (Phi) is 4.56. The molecule has 0 aliphatic rings. The van der Waals surface area contributed by atoms with Gasteiger partial charge in [0.05, 0.1) is 21.9 Å². The van der Waals surface area contributed by atoms with E-state index >= 15 is 0 Å². The molecule has 2 aromatic rings. The molecule has 1 aromatic heterocycles. The molecular weight excluding hydrogens is 280 g/mol. The van der Waals surface area contributed by atoms with Crippen molar-refractivity contribution in [3.8, 4) is 6.07 Å². The maximum atomic E-state index is 12.0. The Morgan fingerprint density at radius 1 is 1.43 bits per heavy atom. The summed E-state index contributed by atoms with van der Waals surface area (Å²) in [5.41, 5.74) is 3.02. The van der Waals surface area contributed by atoms with Gasteiger partial charge in [-0.25, -0.2) is 0 Å². The molecule has 106 valence electrons. The molecule has 0 unspecified atom stereocenters. The van der Waals surface area contributed by atoms with Gasteiger partial charge >= 0.3 is 4.87 Å². The highest BCUT2D eigenvalue weighted by molar-refractivity contribution is 7.16. The molecule has 0 radical (unpaired) electrons. The summed E-state index contributed by atoms with van der Waals surface area (Å²) in [4.78, 5) is 12.1. The van der Waals surface area contributed by atoms with E-state index in [1.54, 1.807) is 10.6 Å². The number of aromatic nitrogens is 1. The normalized spacial score (nSPS) is 11.8. The van der Waals surface area contributed by atoms with Gasteiger partial charge in [-0.05, 0) is 29.7 Å². The molecule has 4 heteroatoms. The van der Waals surface area contributed by atoms with Crippen molar-refractivity contribution in [1.82, 2.24) is 4.57 Å². The average Bonchev–Trinajstić information content (AvgIpc) is 2.80. The number of hydrogen-bond donors (Lipinski definition) is 0. The number of allylic oxidation sites excluding steroid dienone is 4. The molecule has 1 aromatic carbocycles. The lowest BCUT2D eigenvalue weighted by Crippen LogP contribution is -2.11. The monoisotopic (exact) mass is 296 g/mol. The van der Waals surface area contributed by atoms with Crippen molar-refractivity contribution in [2.45, 2.75) is 19.9 Å². The predicted octanol–water partition coefficient (Wildman–Crippen LogP) is 4.12. The lowest BCUT2D eigenvalue weighted by atomic mass is 10.0. The lowest BCUT2D eigenvalue weighted by Gasteiger charge is -2.05. The number of aryl methyl sites for hydroxylation is 1. The topological polar surface area (TPSA) is 45.8 Å². The van der Waals surface area contributed by atoms with Gasteiger partial charge in [0.25, 0.3) is 0 Å². The molecule has 0 N–H and O–H groups in total. The van der Waals surface area contributed by atoms with Crippen LogP contribution in [-0.4, -0.2) is 4.57 Å². The molecule has 0 aliphatic heterocycles. The van der Waals surface area contributed by atoms with Gasteiger partial charge in [0, 0.05) is 6.54 Å². The maximum absolute atomic E-state index is 12.0. The first-order valence-corrected chi connectivity index (χ1v) is 7.50. The van der Waals surface area contributed by atoms with Gasteiger partial charge in [0.2, 0.25) is 0 Å². The molecular formula is C17H16N2OS. The largest absolute Gasteiger partial charge is 0.308 e. The number of nitrogens with zero attached hydrogens (tertiary/aromatic N) is 2. The summed E-state index contributed by atoms with van der Waals surface area (Å²) >= 11 is 1.23. The summed E-state index contributed by atoms with van der Waals surface area (Å²) < 4.78 is 2.71. The maximum Gasteiger partial charge on any atom is 0.308 e. The summed E-state index contributed by atoms with van der Waals surface area (Å²) in [5, 5.41) is 9.14. The first-order chi connectivity index (χ1) is 10.2. The second kappa shape index (κ2) is 6.38. The van der Waals surface area contributed by atoms with Crippen molar-refractivity contribution in [3.05, 3.63) is 64.3 Å². The first-order valence-electron chi connectivity index (χ1n) is 6.69. The van der Waals surface area contributed by atoms with E-state index in [9.17, 15) is 4.79 Å². The van der Waals surface area contributed by atoms with Crippen molar-refractivity contribution in [2.24, 2.45) is 0 Å². The van der Waals surface area contributed by atoms with E-state index in [1.807, 2.05) is 25.1 Å². The van der Waals surface area contributed by atoms with Gasteiger partial charge in [-0.1, -0.05) is 49.6 Å². The van der Waals surface area contributed by atoms with E-state index in [4.69, 9.17) is 5.26 Å². The third kappa shape index (κ3) is 2.74. The van der Waals surface area contributed by atoms with E-state index in [1.165, 1.54) is 17.4 Å². The van der Waals surface area contributed by atoms with Crippen molar-refractivity contribution in [3.63, 3.8) is 0 Å². The van der Waals surface area contributed by atoms with Crippen molar-refractivity contribution in [2.75, 3.05) is 0 Å². The molecule has 2 rings (SSSR count). The van der Waals surface area contributed by atoms with E-state index < -0.39 is 0 Å². The Bertz CT molecular complexity index is 831. The molecule has 0 amide bonds. The minimum absolute atomic E-state index is 0.0531. The fourth-order valence-electron chi connectivity index (χ4n) is 2.27. The van der Waals surface area contributed by atoms with Gasteiger partial charge in [0.1, 0.15) is 0 Å². The Hall–Kier alpha value is -2.38. The van der Waals surface area contributed by atoms with Crippen molar-refractivity contribution >= 4 is 27.1 Å². The Morgan fingerprint density at radius 2 is 2.19 bits per heavy atom. The smallest absolute Gasteiger partial charge is 0.299 e. The number of fused-ring (bicyclic) bond motifs is 1. The highest BCUT2D eigenvalue weighted by Crippen LogP contribution is 2.26. The van der Waals surface area contributed by atoms with Crippen LogP contribution in [0.4, 0.5) is 0 Å². The Labute approximate surface area is 127 Å². The molecule has 0 atom stereocenters. The molecule has 0 bridgehead atoms. The highest BCUT2D eigenvalue weighted by atomic mass is 32.1. The van der Waals surface area contributed by atoms with E-state index in [2.05, 4.69) is 19.2 Å². The van der Waals surface area contributed by atoms with Crippen LogP contribution in [0, 0.1) is 11.3 Å². The van der Waals surface area contributed by atoms with Crippen LogP contribution < -0.4 is 4.87 Å².